The van der Waals surface area contributed by atoms with E-state index in [4.69, 9.17) is 10.8 Å². The molecule has 0 bridgehead atoms. The van der Waals surface area contributed by atoms with Gasteiger partial charge in [0.15, 0.2) is 0 Å². The summed E-state index contributed by atoms with van der Waals surface area (Å²) < 4.78 is 0. The molecule has 0 aliphatic carbocycles. The van der Waals surface area contributed by atoms with Gasteiger partial charge in [-0.25, -0.2) is 0 Å². The number of aliphatic hydroxyl groups excluding tert-OH is 1. The normalized spacial score (nSPS) is 14.9. The topological polar surface area (TPSA) is 66.5 Å². The van der Waals surface area contributed by atoms with E-state index in [1.165, 1.54) is 51.4 Å². The zero-order valence-corrected chi connectivity index (χ0v) is 12.6. The molecule has 0 aromatic carbocycles. The molecule has 4 N–H and O–H groups in total. The number of nitrogens with two attached hydrogens (primary N) is 1. The Labute approximate surface area is 118 Å². The highest BCUT2D eigenvalue weighted by Gasteiger charge is 2.17. The van der Waals surface area contributed by atoms with Crippen molar-refractivity contribution in [2.75, 3.05) is 6.61 Å². The van der Waals surface area contributed by atoms with Crippen LogP contribution in [0, 0.1) is 0 Å². The summed E-state index contributed by atoms with van der Waals surface area (Å²) in [7, 11) is 0. The largest absolute Gasteiger partial charge is 0.392 e. The molecular weight excluding hydrogens is 238 g/mol. The quantitative estimate of drug-likeness (QED) is 0.273. The third-order valence-electron chi connectivity index (χ3n) is 3.41. The Balaban J connectivity index is 3.21. The zero-order valence-electron chi connectivity index (χ0n) is 12.6. The number of aliphatic hydroxyl groups is 2. The number of rotatable bonds is 13. The Morgan fingerprint density at radius 3 is 2.00 bits per heavy atom. The lowest BCUT2D eigenvalue weighted by Crippen LogP contribution is -2.43. The van der Waals surface area contributed by atoms with Crippen LogP contribution in [-0.2, 0) is 0 Å². The predicted octanol–water partition coefficient (Wildman–Crippen LogP) is 3.49. The number of hydrogen-bond donors (Lipinski definition) is 3. The van der Waals surface area contributed by atoms with Gasteiger partial charge in [0.05, 0.1) is 6.61 Å². The van der Waals surface area contributed by atoms with E-state index in [0.717, 1.165) is 12.8 Å². The van der Waals surface area contributed by atoms with Crippen molar-refractivity contribution in [1.82, 2.24) is 0 Å². The summed E-state index contributed by atoms with van der Waals surface area (Å²) in [5, 5.41) is 18.2. The summed E-state index contributed by atoms with van der Waals surface area (Å²) in [5.74, 6) is 0. The highest BCUT2D eigenvalue weighted by Crippen LogP contribution is 2.10. The Hall–Kier alpha value is -0.380. The monoisotopic (exact) mass is 271 g/mol. The molecule has 0 aromatic heterocycles. The molecule has 0 aliphatic rings. The van der Waals surface area contributed by atoms with Crippen LogP contribution in [0.5, 0.6) is 0 Å². The maximum atomic E-state index is 9.38. The smallest absolute Gasteiger partial charge is 0.137 e. The van der Waals surface area contributed by atoms with Crippen LogP contribution >= 0.6 is 0 Å². The van der Waals surface area contributed by atoms with Crippen LogP contribution < -0.4 is 5.73 Å². The SMILES string of the molecule is CCCCCCCCCC/C=C/CCC(N)(O)CO. The summed E-state index contributed by atoms with van der Waals surface area (Å²) >= 11 is 0. The van der Waals surface area contributed by atoms with Crippen molar-refractivity contribution >= 4 is 0 Å². The molecule has 114 valence electrons. The maximum Gasteiger partial charge on any atom is 0.137 e. The summed E-state index contributed by atoms with van der Waals surface area (Å²) in [5.41, 5.74) is 4.00. The van der Waals surface area contributed by atoms with Gasteiger partial charge >= 0.3 is 0 Å². The molecule has 3 heteroatoms. The Kier molecular flexibility index (Phi) is 12.4. The first-order chi connectivity index (χ1) is 9.12. The van der Waals surface area contributed by atoms with Gasteiger partial charge in [0.25, 0.3) is 0 Å². The van der Waals surface area contributed by atoms with Crippen molar-refractivity contribution in [2.45, 2.75) is 83.3 Å². The Morgan fingerprint density at radius 1 is 0.895 bits per heavy atom. The summed E-state index contributed by atoms with van der Waals surface area (Å²) in [6.45, 7) is 1.87. The van der Waals surface area contributed by atoms with Crippen LogP contribution in [0.3, 0.4) is 0 Å². The van der Waals surface area contributed by atoms with Crippen molar-refractivity contribution in [3.05, 3.63) is 12.2 Å². The number of hydrogen-bond acceptors (Lipinski definition) is 3. The Bertz CT molecular complexity index is 215. The second-order valence-electron chi connectivity index (χ2n) is 5.54. The van der Waals surface area contributed by atoms with E-state index in [1.807, 2.05) is 0 Å². The van der Waals surface area contributed by atoms with Crippen LogP contribution in [0.4, 0.5) is 0 Å². The van der Waals surface area contributed by atoms with E-state index >= 15 is 0 Å². The Morgan fingerprint density at radius 2 is 1.42 bits per heavy atom. The molecule has 0 rings (SSSR count). The molecule has 1 unspecified atom stereocenters. The summed E-state index contributed by atoms with van der Waals surface area (Å²) in [4.78, 5) is 0. The zero-order chi connectivity index (χ0) is 14.4. The van der Waals surface area contributed by atoms with Crippen molar-refractivity contribution < 1.29 is 10.2 Å². The third-order valence-corrected chi connectivity index (χ3v) is 3.41. The lowest BCUT2D eigenvalue weighted by atomic mass is 10.1. The second-order valence-corrected chi connectivity index (χ2v) is 5.54. The predicted molar refractivity (Wildman–Crippen MR) is 81.8 cm³/mol. The molecule has 0 heterocycles. The van der Waals surface area contributed by atoms with Gasteiger partial charge in [-0.2, -0.15) is 0 Å². The first-order valence-electron chi connectivity index (χ1n) is 7.89. The van der Waals surface area contributed by atoms with Gasteiger partial charge in [-0.05, 0) is 25.7 Å². The molecule has 0 aliphatic heterocycles. The molecule has 0 fully saturated rings. The van der Waals surface area contributed by atoms with Gasteiger partial charge in [-0.15, -0.1) is 0 Å². The van der Waals surface area contributed by atoms with Crippen molar-refractivity contribution in [2.24, 2.45) is 5.73 Å². The molecular formula is C16H33NO2. The number of unbranched alkanes of at least 4 members (excludes halogenated alkanes) is 8. The average molecular weight is 271 g/mol. The molecule has 0 saturated carbocycles. The third kappa shape index (κ3) is 13.8. The molecule has 0 saturated heterocycles. The van der Waals surface area contributed by atoms with Crippen molar-refractivity contribution in [3.8, 4) is 0 Å². The maximum absolute atomic E-state index is 9.38. The van der Waals surface area contributed by atoms with E-state index < -0.39 is 5.72 Å². The van der Waals surface area contributed by atoms with Gasteiger partial charge < -0.3 is 15.9 Å². The molecule has 0 spiro atoms. The highest BCUT2D eigenvalue weighted by molar-refractivity contribution is 4.84. The lowest BCUT2D eigenvalue weighted by molar-refractivity contribution is -0.0150. The highest BCUT2D eigenvalue weighted by atomic mass is 16.3. The van der Waals surface area contributed by atoms with Gasteiger partial charge in [0.2, 0.25) is 0 Å². The van der Waals surface area contributed by atoms with Crippen LogP contribution in [0.15, 0.2) is 12.2 Å². The van der Waals surface area contributed by atoms with Crippen LogP contribution in [-0.4, -0.2) is 22.5 Å². The van der Waals surface area contributed by atoms with Crippen LogP contribution in [0.25, 0.3) is 0 Å². The molecule has 0 radical (unpaired) electrons. The average Bonchev–Trinajstić information content (AvgIpc) is 2.40. The summed E-state index contributed by atoms with van der Waals surface area (Å²) in [6, 6.07) is 0. The standard InChI is InChI=1S/C16H33NO2/c1-2-3-4-5-6-7-8-9-10-11-12-13-14-16(17,19)15-18/h11-12,18-19H,2-10,13-15,17H2,1H3/b12-11+. The van der Waals surface area contributed by atoms with E-state index in [2.05, 4.69) is 19.1 Å². The first kappa shape index (κ1) is 18.6. The fourth-order valence-corrected chi connectivity index (χ4v) is 2.04. The molecule has 19 heavy (non-hydrogen) atoms. The first-order valence-corrected chi connectivity index (χ1v) is 7.89. The van der Waals surface area contributed by atoms with E-state index in [-0.39, 0.29) is 6.61 Å². The van der Waals surface area contributed by atoms with Gasteiger partial charge in [0, 0.05) is 0 Å². The molecule has 1 atom stereocenters. The van der Waals surface area contributed by atoms with Crippen LogP contribution in [0.2, 0.25) is 0 Å². The van der Waals surface area contributed by atoms with Gasteiger partial charge in [-0.1, -0.05) is 64.0 Å². The molecule has 0 amide bonds. The van der Waals surface area contributed by atoms with Crippen LogP contribution in [0.1, 0.15) is 77.6 Å². The fourth-order valence-electron chi connectivity index (χ4n) is 2.04. The molecule has 0 aromatic rings. The van der Waals surface area contributed by atoms with E-state index in [0.29, 0.717) is 6.42 Å². The van der Waals surface area contributed by atoms with E-state index in [1.54, 1.807) is 0 Å². The minimum Gasteiger partial charge on any atom is -0.392 e. The molecule has 3 nitrogen and oxygen atoms in total. The minimum atomic E-state index is -1.41. The number of allylic oxidation sites excluding steroid dienone is 2. The fraction of sp³-hybridized carbons (Fsp3) is 0.875. The minimum absolute atomic E-state index is 0.376. The van der Waals surface area contributed by atoms with E-state index in [9.17, 15) is 5.11 Å². The lowest BCUT2D eigenvalue weighted by Gasteiger charge is -2.18. The summed E-state index contributed by atoms with van der Waals surface area (Å²) in [6.07, 6.45) is 17.2. The second kappa shape index (κ2) is 12.6. The van der Waals surface area contributed by atoms with Crippen molar-refractivity contribution in [3.63, 3.8) is 0 Å². The van der Waals surface area contributed by atoms with Crippen molar-refractivity contribution in [1.29, 1.82) is 0 Å². The van der Waals surface area contributed by atoms with Gasteiger partial charge in [-0.3, -0.25) is 0 Å². The van der Waals surface area contributed by atoms with Gasteiger partial charge in [0.1, 0.15) is 5.72 Å².